The van der Waals surface area contributed by atoms with Crippen molar-refractivity contribution in [2.45, 2.75) is 50.3 Å². The number of thioether (sulfide) groups is 1. The molecule has 8 nitrogen and oxygen atoms in total. The van der Waals surface area contributed by atoms with Crippen LogP contribution in [0.25, 0.3) is 0 Å². The largest absolute Gasteiger partial charge is 0.465 e. The summed E-state index contributed by atoms with van der Waals surface area (Å²) < 4.78 is 44.5. The average Bonchev–Trinajstić information content (AvgIpc) is 2.96. The van der Waals surface area contributed by atoms with Crippen molar-refractivity contribution < 1.29 is 42.2 Å². The van der Waals surface area contributed by atoms with E-state index in [0.717, 1.165) is 36.4 Å². The van der Waals surface area contributed by atoms with E-state index in [1.165, 1.54) is 25.3 Å². The summed E-state index contributed by atoms with van der Waals surface area (Å²) in [5.74, 6) is -5.18. The van der Waals surface area contributed by atoms with Gasteiger partial charge in [0.1, 0.15) is 11.6 Å². The first kappa shape index (κ1) is 32.2. The molecule has 0 fully saturated rings. The standard InChI is InChI=1S/C29H30ClF2NO7S/c1-3-4-12-39-26(34)16-41-25-15-24(23(32)14-22(25)30)33(27(35)18-8-7-9-19(31)13-18)28(36)20-10-5-6-11-21(20)29(37)40-17-38-2/h7-9,13-15H,3-6,10-12,16-17H2,1-2H3. The number of rotatable bonds is 12. The third-order valence-electron chi connectivity index (χ3n) is 6.11. The van der Waals surface area contributed by atoms with E-state index in [9.17, 15) is 23.6 Å². The van der Waals surface area contributed by atoms with E-state index in [1.54, 1.807) is 0 Å². The van der Waals surface area contributed by atoms with Crippen molar-refractivity contribution in [1.29, 1.82) is 0 Å². The Morgan fingerprint density at radius 3 is 2.41 bits per heavy atom. The number of anilines is 1. The monoisotopic (exact) mass is 609 g/mol. The molecule has 2 aromatic rings. The first-order valence-corrected chi connectivity index (χ1v) is 14.3. The number of amides is 2. The van der Waals surface area contributed by atoms with Gasteiger partial charge in [-0.15, -0.1) is 11.8 Å². The second kappa shape index (κ2) is 15.6. The number of benzene rings is 2. The maximum absolute atomic E-state index is 15.5. The smallest absolute Gasteiger partial charge is 0.336 e. The molecule has 0 spiro atoms. The van der Waals surface area contributed by atoms with Gasteiger partial charge >= 0.3 is 11.9 Å². The quantitative estimate of drug-likeness (QED) is 0.0916. The molecule has 0 aliphatic heterocycles. The highest BCUT2D eigenvalue weighted by molar-refractivity contribution is 8.00. The number of ether oxygens (including phenoxy) is 3. The molecule has 0 unspecified atom stereocenters. The second-order valence-corrected chi connectivity index (χ2v) is 10.5. The molecule has 0 bridgehead atoms. The molecule has 0 saturated carbocycles. The van der Waals surface area contributed by atoms with E-state index >= 15 is 4.39 Å². The third kappa shape index (κ3) is 8.61. The molecule has 41 heavy (non-hydrogen) atoms. The Kier molecular flexibility index (Phi) is 12.3. The summed E-state index contributed by atoms with van der Waals surface area (Å²) in [4.78, 5) is 53.3. The highest BCUT2D eigenvalue weighted by Gasteiger charge is 2.34. The van der Waals surface area contributed by atoms with Crippen LogP contribution in [-0.4, -0.2) is 50.0 Å². The topological polar surface area (TPSA) is 99.2 Å². The predicted octanol–water partition coefficient (Wildman–Crippen LogP) is 6.24. The molecule has 1 aliphatic rings. The lowest BCUT2D eigenvalue weighted by molar-refractivity contribution is -0.149. The fourth-order valence-corrected chi connectivity index (χ4v) is 5.13. The first-order valence-electron chi connectivity index (χ1n) is 13.0. The maximum atomic E-state index is 15.5. The van der Waals surface area contributed by atoms with Crippen molar-refractivity contribution in [2.75, 3.05) is 31.2 Å². The molecule has 2 aromatic carbocycles. The third-order valence-corrected chi connectivity index (χ3v) is 7.56. The first-order chi connectivity index (χ1) is 19.7. The Labute approximate surface area is 246 Å². The summed E-state index contributed by atoms with van der Waals surface area (Å²) >= 11 is 7.18. The van der Waals surface area contributed by atoms with Crippen LogP contribution in [0.3, 0.4) is 0 Å². The van der Waals surface area contributed by atoms with Crippen LogP contribution in [0.1, 0.15) is 55.8 Å². The number of hydrogen-bond acceptors (Lipinski definition) is 8. The van der Waals surface area contributed by atoms with Crippen LogP contribution in [0, 0.1) is 11.6 Å². The van der Waals surface area contributed by atoms with Crippen molar-refractivity contribution >= 4 is 52.8 Å². The number of methoxy groups -OCH3 is 1. The molecule has 12 heteroatoms. The minimum Gasteiger partial charge on any atom is -0.465 e. The Bertz CT molecular complexity index is 1330. The molecule has 0 N–H and O–H groups in total. The predicted molar refractivity (Wildman–Crippen MR) is 150 cm³/mol. The van der Waals surface area contributed by atoms with Crippen LogP contribution in [0.4, 0.5) is 14.5 Å². The number of nitrogens with zero attached hydrogens (tertiary/aromatic N) is 1. The average molecular weight is 610 g/mol. The van der Waals surface area contributed by atoms with E-state index in [2.05, 4.69) is 0 Å². The van der Waals surface area contributed by atoms with Crippen LogP contribution in [0.2, 0.25) is 5.02 Å². The van der Waals surface area contributed by atoms with Crippen LogP contribution in [0.5, 0.6) is 0 Å². The molecule has 220 valence electrons. The van der Waals surface area contributed by atoms with Crippen molar-refractivity contribution in [3.05, 3.63) is 69.8 Å². The molecular weight excluding hydrogens is 580 g/mol. The number of esters is 2. The van der Waals surface area contributed by atoms with E-state index in [4.69, 9.17) is 25.8 Å². The molecule has 1 aliphatic carbocycles. The van der Waals surface area contributed by atoms with Gasteiger partial charge in [0.15, 0.2) is 6.79 Å². The summed E-state index contributed by atoms with van der Waals surface area (Å²) in [5.41, 5.74) is -0.668. The normalized spacial score (nSPS) is 13.1. The van der Waals surface area contributed by atoms with Gasteiger partial charge in [0.2, 0.25) is 0 Å². The minimum absolute atomic E-state index is 0.0230. The van der Waals surface area contributed by atoms with Crippen LogP contribution in [-0.2, 0) is 28.6 Å². The van der Waals surface area contributed by atoms with Crippen molar-refractivity contribution in [2.24, 2.45) is 0 Å². The van der Waals surface area contributed by atoms with Crippen molar-refractivity contribution in [1.82, 2.24) is 0 Å². The lowest BCUT2D eigenvalue weighted by Crippen LogP contribution is -2.40. The molecule has 0 saturated heterocycles. The summed E-state index contributed by atoms with van der Waals surface area (Å²) in [6, 6.07) is 6.69. The lowest BCUT2D eigenvalue weighted by atomic mass is 9.90. The maximum Gasteiger partial charge on any atom is 0.336 e. The minimum atomic E-state index is -1.02. The van der Waals surface area contributed by atoms with Crippen LogP contribution in [0.15, 0.2) is 52.4 Å². The van der Waals surface area contributed by atoms with Crippen LogP contribution < -0.4 is 4.90 Å². The molecule has 0 radical (unpaired) electrons. The van der Waals surface area contributed by atoms with Gasteiger partial charge in [-0.05, 0) is 62.4 Å². The molecular formula is C29H30ClF2NO7S. The fourth-order valence-electron chi connectivity index (χ4n) is 4.07. The zero-order valence-electron chi connectivity index (χ0n) is 22.7. The van der Waals surface area contributed by atoms with Gasteiger partial charge in [-0.3, -0.25) is 14.4 Å². The Morgan fingerprint density at radius 2 is 1.73 bits per heavy atom. The number of unbranched alkanes of at least 4 members (excludes halogenated alkanes) is 1. The summed E-state index contributed by atoms with van der Waals surface area (Å²) in [6.45, 7) is 1.87. The fraction of sp³-hybridized carbons (Fsp3) is 0.379. The summed E-state index contributed by atoms with van der Waals surface area (Å²) in [6.07, 6.45) is 3.01. The zero-order valence-corrected chi connectivity index (χ0v) is 24.2. The Morgan fingerprint density at radius 1 is 1.00 bits per heavy atom. The van der Waals surface area contributed by atoms with Crippen molar-refractivity contribution in [3.63, 3.8) is 0 Å². The SMILES string of the molecule is CCCCOC(=O)CSc1cc(N(C(=O)C2=C(C(=O)OCOC)CCCC2)C(=O)c2cccc(F)c2)c(F)cc1Cl. The second-order valence-electron chi connectivity index (χ2n) is 9.06. The summed E-state index contributed by atoms with van der Waals surface area (Å²) in [7, 11) is 1.33. The number of carbonyl (C=O) groups excluding carboxylic acids is 4. The van der Waals surface area contributed by atoms with Crippen LogP contribution >= 0.6 is 23.4 Å². The highest BCUT2D eigenvalue weighted by atomic mass is 35.5. The molecule has 2 amide bonds. The van der Waals surface area contributed by atoms with Gasteiger partial charge in [0.25, 0.3) is 11.8 Å². The Hall–Kier alpha value is -3.28. The van der Waals surface area contributed by atoms with E-state index in [-0.39, 0.29) is 58.6 Å². The zero-order chi connectivity index (χ0) is 29.9. The van der Waals surface area contributed by atoms with Gasteiger partial charge in [-0.25, -0.2) is 18.5 Å². The Balaban J connectivity index is 2.07. The molecule has 3 rings (SSSR count). The van der Waals surface area contributed by atoms with E-state index in [0.29, 0.717) is 24.2 Å². The number of hydrogen-bond donors (Lipinski definition) is 0. The van der Waals surface area contributed by atoms with Gasteiger partial charge in [-0.2, -0.15) is 0 Å². The molecule has 0 atom stereocenters. The number of imide groups is 1. The van der Waals surface area contributed by atoms with Gasteiger partial charge in [0.05, 0.1) is 23.1 Å². The number of halogens is 3. The number of carbonyl (C=O) groups is 4. The highest BCUT2D eigenvalue weighted by Crippen LogP contribution is 2.36. The van der Waals surface area contributed by atoms with E-state index < -0.39 is 41.1 Å². The molecule has 0 aromatic heterocycles. The van der Waals surface area contributed by atoms with Gasteiger partial charge in [-0.1, -0.05) is 31.0 Å². The van der Waals surface area contributed by atoms with Gasteiger partial charge < -0.3 is 14.2 Å². The van der Waals surface area contributed by atoms with E-state index in [1.807, 2.05) is 6.92 Å². The van der Waals surface area contributed by atoms with Crippen molar-refractivity contribution in [3.8, 4) is 0 Å². The molecule has 0 heterocycles. The lowest BCUT2D eigenvalue weighted by Gasteiger charge is -2.26. The van der Waals surface area contributed by atoms with Gasteiger partial charge in [0, 0.05) is 28.7 Å². The summed E-state index contributed by atoms with van der Waals surface area (Å²) in [5, 5.41) is -0.0519.